The predicted molar refractivity (Wildman–Crippen MR) is 103 cm³/mol. The third kappa shape index (κ3) is 3.75. The highest BCUT2D eigenvalue weighted by Crippen LogP contribution is 2.30. The molecule has 26 heavy (non-hydrogen) atoms. The number of nitrogens with two attached hydrogens (primary N) is 1. The van der Waals surface area contributed by atoms with Crippen molar-refractivity contribution in [3.63, 3.8) is 0 Å². The molecule has 0 radical (unpaired) electrons. The third-order valence-electron chi connectivity index (χ3n) is 3.55. The number of fused-ring (bicyclic) bond motifs is 1. The van der Waals surface area contributed by atoms with E-state index in [2.05, 4.69) is 15.5 Å². The highest BCUT2D eigenvalue weighted by molar-refractivity contribution is 7.22. The van der Waals surface area contributed by atoms with Gasteiger partial charge in [-0.2, -0.15) is 5.10 Å². The number of carbonyl (C=O) groups excluding carboxylic acids is 1. The molecule has 8 heteroatoms. The summed E-state index contributed by atoms with van der Waals surface area (Å²) in [5.41, 5.74) is 10.1. The minimum atomic E-state index is -0.324. The van der Waals surface area contributed by atoms with E-state index in [0.717, 1.165) is 10.2 Å². The second-order valence-electron chi connectivity index (χ2n) is 5.25. The Hall–Kier alpha value is -3.13. The Bertz CT molecular complexity index is 968. The number of nitrogen functional groups attached to an aromatic ring is 1. The van der Waals surface area contributed by atoms with E-state index in [0.29, 0.717) is 34.4 Å². The van der Waals surface area contributed by atoms with E-state index in [-0.39, 0.29) is 5.91 Å². The molecule has 0 spiro atoms. The molecule has 0 saturated carbocycles. The van der Waals surface area contributed by atoms with Crippen LogP contribution in [0, 0.1) is 0 Å². The number of benzene rings is 2. The van der Waals surface area contributed by atoms with E-state index >= 15 is 0 Å². The Morgan fingerprint density at radius 2 is 2.23 bits per heavy atom. The predicted octanol–water partition coefficient (Wildman–Crippen LogP) is 3.05. The van der Waals surface area contributed by atoms with Gasteiger partial charge in [0.05, 0.1) is 30.1 Å². The van der Waals surface area contributed by atoms with Gasteiger partial charge in [0.2, 0.25) is 0 Å². The molecule has 2 aromatic carbocycles. The van der Waals surface area contributed by atoms with Crippen molar-refractivity contribution >= 4 is 38.8 Å². The highest BCUT2D eigenvalue weighted by atomic mass is 32.1. The summed E-state index contributed by atoms with van der Waals surface area (Å²) in [4.78, 5) is 16.4. The van der Waals surface area contributed by atoms with Crippen LogP contribution in [0.2, 0.25) is 0 Å². The van der Waals surface area contributed by atoms with E-state index in [1.54, 1.807) is 25.3 Å². The number of thiazole rings is 1. The minimum absolute atomic E-state index is 0.324. The number of para-hydroxylation sites is 1. The van der Waals surface area contributed by atoms with Crippen LogP contribution in [0.3, 0.4) is 0 Å². The summed E-state index contributed by atoms with van der Waals surface area (Å²) in [5, 5.41) is 4.49. The van der Waals surface area contributed by atoms with Crippen LogP contribution in [0.15, 0.2) is 41.5 Å². The van der Waals surface area contributed by atoms with Crippen LogP contribution in [-0.2, 0) is 0 Å². The monoisotopic (exact) mass is 370 g/mol. The lowest BCUT2D eigenvalue weighted by Gasteiger charge is -2.11. The van der Waals surface area contributed by atoms with Crippen molar-refractivity contribution in [1.29, 1.82) is 0 Å². The molecule has 1 heterocycles. The highest BCUT2D eigenvalue weighted by Gasteiger charge is 2.10. The Morgan fingerprint density at radius 1 is 1.38 bits per heavy atom. The van der Waals surface area contributed by atoms with E-state index in [1.807, 2.05) is 25.1 Å². The van der Waals surface area contributed by atoms with Gasteiger partial charge in [-0.1, -0.05) is 17.4 Å². The second-order valence-corrected chi connectivity index (χ2v) is 6.31. The molecule has 0 aliphatic rings. The number of nitrogens with zero attached hydrogens (tertiary/aromatic N) is 2. The minimum Gasteiger partial charge on any atom is -0.492 e. The standard InChI is InChI=1S/C18H18N4O3S/c1-3-25-14-6-4-5-12(16(14)24-2)10-20-22-17(23)11-7-8-13-15(9-11)26-18(19)21-13/h4-10H,3H2,1-2H3,(H2,19,21)(H,22,23)/b20-10-. The van der Waals surface area contributed by atoms with Crippen LogP contribution in [0.1, 0.15) is 22.8 Å². The topological polar surface area (TPSA) is 98.8 Å². The summed E-state index contributed by atoms with van der Waals surface area (Å²) in [5.74, 6) is 0.863. The number of anilines is 1. The average Bonchev–Trinajstić information content (AvgIpc) is 3.01. The largest absolute Gasteiger partial charge is 0.492 e. The van der Waals surface area contributed by atoms with Gasteiger partial charge in [0.25, 0.3) is 5.91 Å². The van der Waals surface area contributed by atoms with Crippen LogP contribution in [0.5, 0.6) is 11.5 Å². The molecule has 0 saturated heterocycles. The number of ether oxygens (including phenoxy) is 2. The van der Waals surface area contributed by atoms with E-state index < -0.39 is 0 Å². The Labute approximate surface area is 154 Å². The zero-order chi connectivity index (χ0) is 18.5. The van der Waals surface area contributed by atoms with E-state index in [9.17, 15) is 4.79 Å². The first-order valence-electron chi connectivity index (χ1n) is 7.91. The van der Waals surface area contributed by atoms with Crippen molar-refractivity contribution in [2.45, 2.75) is 6.92 Å². The molecule has 3 rings (SSSR count). The van der Waals surface area contributed by atoms with Crippen LogP contribution in [-0.4, -0.2) is 30.8 Å². The molecule has 0 aliphatic heterocycles. The van der Waals surface area contributed by atoms with Gasteiger partial charge >= 0.3 is 0 Å². The molecule has 1 aromatic heterocycles. The van der Waals surface area contributed by atoms with Crippen molar-refractivity contribution in [3.8, 4) is 11.5 Å². The van der Waals surface area contributed by atoms with Gasteiger partial charge in [-0.25, -0.2) is 10.4 Å². The molecule has 3 N–H and O–H groups in total. The Morgan fingerprint density at radius 3 is 3.00 bits per heavy atom. The maximum Gasteiger partial charge on any atom is 0.271 e. The molecule has 0 atom stereocenters. The van der Waals surface area contributed by atoms with Gasteiger partial charge < -0.3 is 15.2 Å². The summed E-state index contributed by atoms with van der Waals surface area (Å²) in [7, 11) is 1.56. The van der Waals surface area contributed by atoms with Gasteiger partial charge in [-0.15, -0.1) is 0 Å². The molecule has 1 amide bonds. The van der Waals surface area contributed by atoms with Gasteiger partial charge in [0, 0.05) is 11.1 Å². The number of aromatic nitrogens is 1. The van der Waals surface area contributed by atoms with Crippen molar-refractivity contribution in [1.82, 2.24) is 10.4 Å². The summed E-state index contributed by atoms with van der Waals surface area (Å²) in [6.45, 7) is 2.42. The number of hydrazone groups is 1. The summed E-state index contributed by atoms with van der Waals surface area (Å²) in [6, 6.07) is 10.7. The van der Waals surface area contributed by atoms with Crippen molar-refractivity contribution in [2.24, 2.45) is 5.10 Å². The average molecular weight is 370 g/mol. The number of hydrogen-bond donors (Lipinski definition) is 2. The first-order chi connectivity index (χ1) is 12.6. The maximum absolute atomic E-state index is 12.3. The van der Waals surface area contributed by atoms with Crippen LogP contribution in [0.4, 0.5) is 5.13 Å². The summed E-state index contributed by atoms with van der Waals surface area (Å²) in [6.07, 6.45) is 1.52. The SMILES string of the molecule is CCOc1cccc(/C=N\NC(=O)c2ccc3nc(N)sc3c2)c1OC. The molecule has 0 aliphatic carbocycles. The summed E-state index contributed by atoms with van der Waals surface area (Å²) >= 11 is 1.33. The Balaban J connectivity index is 1.75. The number of methoxy groups -OCH3 is 1. The Kier molecular flexibility index (Phi) is 5.33. The number of nitrogens with one attached hydrogen (secondary N) is 1. The fraction of sp³-hybridized carbons (Fsp3) is 0.167. The number of carbonyl (C=O) groups is 1. The number of rotatable bonds is 6. The zero-order valence-electron chi connectivity index (χ0n) is 14.4. The molecule has 134 valence electrons. The van der Waals surface area contributed by atoms with Crippen molar-refractivity contribution < 1.29 is 14.3 Å². The molecular formula is C18H18N4O3S. The number of amides is 1. The lowest BCUT2D eigenvalue weighted by molar-refractivity contribution is 0.0955. The number of hydrogen-bond acceptors (Lipinski definition) is 7. The lowest BCUT2D eigenvalue weighted by Crippen LogP contribution is -2.17. The van der Waals surface area contributed by atoms with E-state index in [4.69, 9.17) is 15.2 Å². The molecule has 0 unspecified atom stereocenters. The molecular weight excluding hydrogens is 352 g/mol. The van der Waals surface area contributed by atoms with Crippen LogP contribution in [0.25, 0.3) is 10.2 Å². The molecule has 0 fully saturated rings. The smallest absolute Gasteiger partial charge is 0.271 e. The fourth-order valence-corrected chi connectivity index (χ4v) is 3.20. The molecule has 7 nitrogen and oxygen atoms in total. The fourth-order valence-electron chi connectivity index (χ4n) is 2.43. The normalized spacial score (nSPS) is 11.0. The quantitative estimate of drug-likeness (QED) is 0.513. The zero-order valence-corrected chi connectivity index (χ0v) is 15.2. The molecule has 0 bridgehead atoms. The lowest BCUT2D eigenvalue weighted by atomic mass is 10.2. The third-order valence-corrected chi connectivity index (χ3v) is 4.40. The second kappa shape index (κ2) is 7.83. The molecule has 3 aromatic rings. The summed E-state index contributed by atoms with van der Waals surface area (Å²) < 4.78 is 11.7. The van der Waals surface area contributed by atoms with Crippen LogP contribution >= 0.6 is 11.3 Å². The van der Waals surface area contributed by atoms with E-state index in [1.165, 1.54) is 17.6 Å². The maximum atomic E-state index is 12.3. The first-order valence-corrected chi connectivity index (χ1v) is 8.73. The van der Waals surface area contributed by atoms with Gasteiger partial charge in [0.15, 0.2) is 16.6 Å². The van der Waals surface area contributed by atoms with Crippen molar-refractivity contribution in [3.05, 3.63) is 47.5 Å². The van der Waals surface area contributed by atoms with Crippen LogP contribution < -0.4 is 20.6 Å². The van der Waals surface area contributed by atoms with Gasteiger partial charge in [0.1, 0.15) is 0 Å². The van der Waals surface area contributed by atoms with Gasteiger partial charge in [-0.05, 0) is 37.3 Å². The van der Waals surface area contributed by atoms with Gasteiger partial charge in [-0.3, -0.25) is 4.79 Å². The van der Waals surface area contributed by atoms with Crippen molar-refractivity contribution in [2.75, 3.05) is 19.5 Å². The first kappa shape index (κ1) is 17.7.